The molecular weight excluding hydrogens is 378 g/mol. The predicted octanol–water partition coefficient (Wildman–Crippen LogP) is 4.46. The molecule has 0 radical (unpaired) electrons. The molecule has 0 unspecified atom stereocenters. The Balaban J connectivity index is 1.62. The first kappa shape index (κ1) is 19.4. The summed E-state index contributed by atoms with van der Waals surface area (Å²) < 4.78 is 10.8. The fraction of sp³-hybridized carbons (Fsp3) is 0.125. The molecule has 4 rings (SSSR count). The van der Waals surface area contributed by atoms with Crippen LogP contribution < -0.4 is 10.1 Å². The Labute approximate surface area is 174 Å². The van der Waals surface area contributed by atoms with Crippen molar-refractivity contribution in [3.8, 4) is 17.1 Å². The molecule has 0 saturated carbocycles. The van der Waals surface area contributed by atoms with Crippen molar-refractivity contribution in [1.82, 2.24) is 15.5 Å². The maximum absolute atomic E-state index is 12.8. The molecule has 1 atom stereocenters. The van der Waals surface area contributed by atoms with Crippen LogP contribution in [-0.4, -0.2) is 23.2 Å². The minimum Gasteiger partial charge on any atom is -0.497 e. The fourth-order valence-corrected chi connectivity index (χ4v) is 3.14. The molecule has 0 spiro atoms. The van der Waals surface area contributed by atoms with Crippen LogP contribution in [0.3, 0.4) is 0 Å². The van der Waals surface area contributed by atoms with Crippen LogP contribution in [0.2, 0.25) is 0 Å². The highest BCUT2D eigenvalue weighted by atomic mass is 16.5. The van der Waals surface area contributed by atoms with E-state index in [2.05, 4.69) is 15.5 Å². The van der Waals surface area contributed by atoms with Gasteiger partial charge in [0.15, 0.2) is 0 Å². The fourth-order valence-electron chi connectivity index (χ4n) is 3.14. The molecule has 0 fully saturated rings. The lowest BCUT2D eigenvalue weighted by Gasteiger charge is -2.15. The highest BCUT2D eigenvalue weighted by Crippen LogP contribution is 2.24. The molecule has 30 heavy (non-hydrogen) atoms. The van der Waals surface area contributed by atoms with Crippen molar-refractivity contribution in [2.75, 3.05) is 7.11 Å². The molecule has 150 valence electrons. The average molecular weight is 399 g/mol. The molecule has 1 amide bonds. The Bertz CT molecular complexity index is 1110. The molecule has 6 heteroatoms. The molecule has 1 N–H and O–H groups in total. The summed E-state index contributed by atoms with van der Waals surface area (Å²) in [6, 6.07) is 25.9. The third-order valence-electron chi connectivity index (χ3n) is 4.69. The van der Waals surface area contributed by atoms with Gasteiger partial charge in [-0.15, -0.1) is 0 Å². The van der Waals surface area contributed by atoms with E-state index in [0.717, 1.165) is 11.1 Å². The maximum atomic E-state index is 12.8. The second-order valence-electron chi connectivity index (χ2n) is 6.77. The summed E-state index contributed by atoms with van der Waals surface area (Å²) in [4.78, 5) is 17.3. The molecule has 0 aliphatic heterocycles. The second kappa shape index (κ2) is 9.05. The van der Waals surface area contributed by atoms with Gasteiger partial charge in [0.1, 0.15) is 11.8 Å². The van der Waals surface area contributed by atoms with Gasteiger partial charge in [-0.25, -0.2) is 0 Å². The summed E-state index contributed by atoms with van der Waals surface area (Å²) in [5, 5.41) is 7.14. The van der Waals surface area contributed by atoms with E-state index in [0.29, 0.717) is 29.4 Å². The zero-order chi connectivity index (χ0) is 20.8. The number of carbonyl (C=O) groups excluding carboxylic acids is 1. The number of rotatable bonds is 7. The van der Waals surface area contributed by atoms with Crippen LogP contribution in [-0.2, 0) is 6.42 Å². The molecule has 1 aromatic heterocycles. The van der Waals surface area contributed by atoms with Crippen molar-refractivity contribution >= 4 is 5.91 Å². The van der Waals surface area contributed by atoms with Crippen molar-refractivity contribution in [1.29, 1.82) is 0 Å². The number of amides is 1. The molecule has 3 aromatic carbocycles. The quantitative estimate of drug-likeness (QED) is 0.496. The summed E-state index contributed by atoms with van der Waals surface area (Å²) in [6.07, 6.45) is 0.527. The molecule has 1 heterocycles. The van der Waals surface area contributed by atoms with Gasteiger partial charge in [-0.05, 0) is 29.8 Å². The second-order valence-corrected chi connectivity index (χ2v) is 6.77. The zero-order valence-electron chi connectivity index (χ0n) is 16.5. The van der Waals surface area contributed by atoms with Gasteiger partial charge in [0.2, 0.25) is 11.7 Å². The van der Waals surface area contributed by atoms with Crippen molar-refractivity contribution in [3.63, 3.8) is 0 Å². The standard InChI is InChI=1S/C24H21N3O3/c1-29-20-14-8-13-19(16-20)22-26-24(30-27-22)21(15-17-9-4-2-5-10-17)25-23(28)18-11-6-3-7-12-18/h2-14,16,21H,15H2,1H3,(H,25,28)/t21-/m0/s1. The number of methoxy groups -OCH3 is 1. The topological polar surface area (TPSA) is 77.3 Å². The van der Waals surface area contributed by atoms with E-state index < -0.39 is 6.04 Å². The average Bonchev–Trinajstić information content (AvgIpc) is 3.30. The van der Waals surface area contributed by atoms with Crippen molar-refractivity contribution in [3.05, 3.63) is 102 Å². The minimum absolute atomic E-state index is 0.197. The van der Waals surface area contributed by atoms with Gasteiger partial charge < -0.3 is 14.6 Å². The number of benzene rings is 3. The van der Waals surface area contributed by atoms with Crippen LogP contribution in [0.25, 0.3) is 11.4 Å². The Morgan fingerprint density at radius 3 is 2.47 bits per heavy atom. The number of hydrogen-bond acceptors (Lipinski definition) is 5. The Hall–Kier alpha value is -3.93. The van der Waals surface area contributed by atoms with Crippen LogP contribution in [0, 0.1) is 0 Å². The van der Waals surface area contributed by atoms with Gasteiger partial charge in [0.05, 0.1) is 7.11 Å². The molecule has 4 aromatic rings. The SMILES string of the molecule is COc1cccc(-c2noc([C@H](Cc3ccccc3)NC(=O)c3ccccc3)n2)c1. The van der Waals surface area contributed by atoms with E-state index in [1.165, 1.54) is 0 Å². The van der Waals surface area contributed by atoms with Crippen LogP contribution in [0.4, 0.5) is 0 Å². The highest BCUT2D eigenvalue weighted by molar-refractivity contribution is 5.94. The Morgan fingerprint density at radius 1 is 1.00 bits per heavy atom. The summed E-state index contributed by atoms with van der Waals surface area (Å²) >= 11 is 0. The van der Waals surface area contributed by atoms with Crippen LogP contribution >= 0.6 is 0 Å². The maximum Gasteiger partial charge on any atom is 0.251 e. The third kappa shape index (κ3) is 4.55. The van der Waals surface area contributed by atoms with Gasteiger partial charge in [0.25, 0.3) is 5.91 Å². The molecule has 0 saturated heterocycles. The molecule has 0 aliphatic carbocycles. The van der Waals surface area contributed by atoms with Crippen LogP contribution in [0.5, 0.6) is 5.75 Å². The normalized spacial score (nSPS) is 11.6. The minimum atomic E-state index is -0.466. The lowest BCUT2D eigenvalue weighted by atomic mass is 10.1. The lowest BCUT2D eigenvalue weighted by molar-refractivity contribution is 0.0928. The van der Waals surface area contributed by atoms with Gasteiger partial charge in [-0.1, -0.05) is 65.8 Å². The summed E-state index contributed by atoms with van der Waals surface area (Å²) in [7, 11) is 1.61. The lowest BCUT2D eigenvalue weighted by Crippen LogP contribution is -2.30. The number of hydrogen-bond donors (Lipinski definition) is 1. The van der Waals surface area contributed by atoms with E-state index in [4.69, 9.17) is 9.26 Å². The number of nitrogens with zero attached hydrogens (tertiary/aromatic N) is 2. The van der Waals surface area contributed by atoms with E-state index >= 15 is 0 Å². The van der Waals surface area contributed by atoms with E-state index in [9.17, 15) is 4.79 Å². The first-order chi connectivity index (χ1) is 14.7. The Morgan fingerprint density at radius 2 is 1.73 bits per heavy atom. The monoisotopic (exact) mass is 399 g/mol. The van der Waals surface area contributed by atoms with E-state index in [1.54, 1.807) is 19.2 Å². The number of ether oxygens (including phenoxy) is 1. The highest BCUT2D eigenvalue weighted by Gasteiger charge is 2.23. The zero-order valence-corrected chi connectivity index (χ0v) is 16.5. The largest absolute Gasteiger partial charge is 0.497 e. The van der Waals surface area contributed by atoms with Crippen molar-refractivity contribution in [2.45, 2.75) is 12.5 Å². The smallest absolute Gasteiger partial charge is 0.251 e. The van der Waals surface area contributed by atoms with E-state index in [1.807, 2.05) is 72.8 Å². The first-order valence-corrected chi connectivity index (χ1v) is 9.61. The van der Waals surface area contributed by atoms with Crippen LogP contribution in [0.15, 0.2) is 89.5 Å². The van der Waals surface area contributed by atoms with Crippen molar-refractivity contribution < 1.29 is 14.1 Å². The van der Waals surface area contributed by atoms with Gasteiger partial charge in [-0.3, -0.25) is 4.79 Å². The third-order valence-corrected chi connectivity index (χ3v) is 4.69. The molecule has 6 nitrogen and oxygen atoms in total. The number of nitrogens with one attached hydrogen (secondary N) is 1. The van der Waals surface area contributed by atoms with Gasteiger partial charge >= 0.3 is 0 Å². The predicted molar refractivity (Wildman–Crippen MR) is 113 cm³/mol. The molecular formula is C24H21N3O3. The first-order valence-electron chi connectivity index (χ1n) is 9.61. The van der Waals surface area contributed by atoms with Gasteiger partial charge in [-0.2, -0.15) is 4.98 Å². The van der Waals surface area contributed by atoms with Crippen molar-refractivity contribution in [2.24, 2.45) is 0 Å². The molecule has 0 bridgehead atoms. The molecule has 0 aliphatic rings. The summed E-state index contributed by atoms with van der Waals surface area (Å²) in [5.74, 6) is 1.30. The number of aromatic nitrogens is 2. The Kier molecular flexibility index (Phi) is 5.85. The van der Waals surface area contributed by atoms with Crippen LogP contribution in [0.1, 0.15) is 27.9 Å². The number of carbonyl (C=O) groups is 1. The summed E-state index contributed by atoms with van der Waals surface area (Å²) in [6.45, 7) is 0. The van der Waals surface area contributed by atoms with E-state index in [-0.39, 0.29) is 5.91 Å². The van der Waals surface area contributed by atoms with Gasteiger partial charge in [0, 0.05) is 17.5 Å². The summed E-state index contributed by atoms with van der Waals surface area (Å²) in [5.41, 5.74) is 2.40.